The van der Waals surface area contributed by atoms with Crippen molar-refractivity contribution in [3.05, 3.63) is 53.1 Å². The average molecular weight is 307 g/mol. The van der Waals surface area contributed by atoms with Gasteiger partial charge in [-0.25, -0.2) is 14.9 Å². The van der Waals surface area contributed by atoms with E-state index in [-0.39, 0.29) is 17.9 Å². The number of hydrogen-bond donors (Lipinski definition) is 5. The van der Waals surface area contributed by atoms with Crippen LogP contribution in [0.2, 0.25) is 0 Å². The molecule has 0 radical (unpaired) electrons. The van der Waals surface area contributed by atoms with Gasteiger partial charge in [0.2, 0.25) is 0 Å². The number of hydroxylamine groups is 1. The van der Waals surface area contributed by atoms with Gasteiger partial charge in [-0.1, -0.05) is 0 Å². The summed E-state index contributed by atoms with van der Waals surface area (Å²) in [5.74, 6) is -1.85. The molecule has 1 aromatic heterocycles. The third-order valence-electron chi connectivity index (χ3n) is 3.05. The molecule has 0 saturated heterocycles. The number of pyridine rings is 1. The Balaban J connectivity index is 2.22. The van der Waals surface area contributed by atoms with Crippen molar-refractivity contribution in [1.82, 2.24) is 10.5 Å². The van der Waals surface area contributed by atoms with Gasteiger partial charge in [-0.2, -0.15) is 0 Å². The molecule has 2 aromatic rings. The first-order valence-corrected chi connectivity index (χ1v) is 6.31. The molecule has 7 nitrogen and oxygen atoms in total. The summed E-state index contributed by atoms with van der Waals surface area (Å²) in [6.07, 6.45) is 1.30. The molecule has 22 heavy (non-hydrogen) atoms. The van der Waals surface area contributed by atoms with E-state index < -0.39 is 24.0 Å². The molecular weight excluding hydrogens is 293 g/mol. The van der Waals surface area contributed by atoms with E-state index in [0.717, 1.165) is 0 Å². The van der Waals surface area contributed by atoms with E-state index in [4.69, 9.17) is 5.21 Å². The summed E-state index contributed by atoms with van der Waals surface area (Å²) in [7, 11) is 0. The van der Waals surface area contributed by atoms with E-state index in [2.05, 4.69) is 10.3 Å². The van der Waals surface area contributed by atoms with Crippen molar-refractivity contribution < 1.29 is 24.6 Å². The molecule has 8 heteroatoms. The van der Waals surface area contributed by atoms with E-state index in [0.29, 0.717) is 11.3 Å². The summed E-state index contributed by atoms with van der Waals surface area (Å²) in [4.78, 5) is 15.1. The molecule has 0 bridgehead atoms. The number of carbonyl (C=O) groups is 1. The summed E-state index contributed by atoms with van der Waals surface area (Å²) in [6, 6.07) is 5.66. The Morgan fingerprint density at radius 1 is 1.27 bits per heavy atom. The zero-order chi connectivity index (χ0) is 16.1. The summed E-state index contributed by atoms with van der Waals surface area (Å²) >= 11 is 0. The molecule has 0 aliphatic rings. The Morgan fingerprint density at radius 2 is 1.95 bits per heavy atom. The molecule has 0 saturated carbocycles. The Labute approximate surface area is 125 Å². The molecule has 0 spiro atoms. The third-order valence-corrected chi connectivity index (χ3v) is 3.05. The highest BCUT2D eigenvalue weighted by Crippen LogP contribution is 2.25. The number of aliphatic hydroxyl groups is 1. The number of amides is 1. The Morgan fingerprint density at radius 3 is 2.55 bits per heavy atom. The summed E-state index contributed by atoms with van der Waals surface area (Å²) in [5, 5.41) is 30.8. The zero-order valence-corrected chi connectivity index (χ0v) is 11.4. The van der Waals surface area contributed by atoms with Crippen LogP contribution >= 0.6 is 0 Å². The molecule has 5 N–H and O–H groups in total. The number of aliphatic hydroxyl groups excluding tert-OH is 1. The van der Waals surface area contributed by atoms with Crippen LogP contribution in [0.3, 0.4) is 0 Å². The minimum atomic E-state index is -0.981. The predicted molar refractivity (Wildman–Crippen MR) is 74.8 cm³/mol. The van der Waals surface area contributed by atoms with Crippen molar-refractivity contribution in [2.24, 2.45) is 0 Å². The van der Waals surface area contributed by atoms with Crippen LogP contribution in [-0.2, 0) is 13.2 Å². The van der Waals surface area contributed by atoms with Crippen molar-refractivity contribution in [2.45, 2.75) is 13.2 Å². The lowest BCUT2D eigenvalue weighted by Crippen LogP contribution is -2.21. The number of aromatic nitrogens is 1. The van der Waals surface area contributed by atoms with Crippen LogP contribution in [0, 0.1) is 5.82 Å². The summed E-state index contributed by atoms with van der Waals surface area (Å²) in [5.41, 5.74) is 2.18. The lowest BCUT2D eigenvalue weighted by atomic mass is 10.1. The Bertz CT molecular complexity index is 677. The van der Waals surface area contributed by atoms with Gasteiger partial charge in [0.1, 0.15) is 5.82 Å². The van der Waals surface area contributed by atoms with Crippen molar-refractivity contribution >= 4 is 11.6 Å². The first-order valence-electron chi connectivity index (χ1n) is 6.31. The van der Waals surface area contributed by atoms with Crippen molar-refractivity contribution in [2.75, 3.05) is 5.32 Å². The van der Waals surface area contributed by atoms with E-state index in [1.165, 1.54) is 35.9 Å². The van der Waals surface area contributed by atoms with Crippen LogP contribution in [0.4, 0.5) is 10.1 Å². The molecule has 0 atom stereocenters. The van der Waals surface area contributed by atoms with Gasteiger partial charge in [0, 0.05) is 24.0 Å². The minimum Gasteiger partial charge on any atom is -0.505 e. The van der Waals surface area contributed by atoms with E-state index in [1.54, 1.807) is 0 Å². The molecule has 0 aliphatic carbocycles. The fraction of sp³-hybridized carbons (Fsp3) is 0.143. The molecule has 1 amide bonds. The Kier molecular flexibility index (Phi) is 4.87. The van der Waals surface area contributed by atoms with Gasteiger partial charge in [0.05, 0.1) is 6.61 Å². The molecular formula is C14H14FN3O4. The molecule has 0 fully saturated rings. The highest BCUT2D eigenvalue weighted by molar-refractivity contribution is 5.94. The number of nitrogens with zero attached hydrogens (tertiary/aromatic N) is 1. The zero-order valence-electron chi connectivity index (χ0n) is 11.4. The summed E-state index contributed by atoms with van der Waals surface area (Å²) < 4.78 is 12.8. The highest BCUT2D eigenvalue weighted by atomic mass is 19.1. The maximum absolute atomic E-state index is 12.8. The number of benzene rings is 1. The van der Waals surface area contributed by atoms with Gasteiger partial charge in [-0.15, -0.1) is 0 Å². The maximum Gasteiger partial charge on any atom is 0.297 e. The lowest BCUT2D eigenvalue weighted by molar-refractivity contribution is 0.0697. The van der Waals surface area contributed by atoms with Gasteiger partial charge >= 0.3 is 0 Å². The van der Waals surface area contributed by atoms with E-state index in [9.17, 15) is 19.4 Å². The highest BCUT2D eigenvalue weighted by Gasteiger charge is 2.18. The van der Waals surface area contributed by atoms with Gasteiger partial charge in [-0.05, 0) is 29.8 Å². The quantitative estimate of drug-likeness (QED) is 0.418. The van der Waals surface area contributed by atoms with Crippen LogP contribution in [0.1, 0.15) is 21.6 Å². The monoisotopic (exact) mass is 307 g/mol. The molecule has 0 aliphatic heterocycles. The molecule has 0 unspecified atom stereocenters. The normalized spacial score (nSPS) is 10.3. The van der Waals surface area contributed by atoms with E-state index in [1.807, 2.05) is 0 Å². The van der Waals surface area contributed by atoms with Crippen molar-refractivity contribution in [3.8, 4) is 5.75 Å². The predicted octanol–water partition coefficient (Wildman–Crippen LogP) is 1.15. The van der Waals surface area contributed by atoms with Crippen LogP contribution in [0.5, 0.6) is 5.75 Å². The number of hydrogen-bond acceptors (Lipinski definition) is 6. The van der Waals surface area contributed by atoms with Crippen molar-refractivity contribution in [3.63, 3.8) is 0 Å². The number of anilines is 1. The number of halogens is 1. The third kappa shape index (κ3) is 3.30. The van der Waals surface area contributed by atoms with Crippen molar-refractivity contribution in [1.29, 1.82) is 0 Å². The smallest absolute Gasteiger partial charge is 0.297 e. The van der Waals surface area contributed by atoms with Gasteiger partial charge in [-0.3, -0.25) is 10.0 Å². The second-order valence-corrected chi connectivity index (χ2v) is 4.42. The first-order chi connectivity index (χ1) is 10.6. The number of nitrogens with one attached hydrogen (secondary N) is 2. The number of rotatable bonds is 5. The molecule has 2 rings (SSSR count). The molecule has 1 heterocycles. The van der Waals surface area contributed by atoms with Crippen LogP contribution in [0.25, 0.3) is 0 Å². The van der Waals surface area contributed by atoms with Crippen LogP contribution in [-0.4, -0.2) is 26.3 Å². The molecule has 116 valence electrons. The minimum absolute atomic E-state index is 0.114. The van der Waals surface area contributed by atoms with E-state index >= 15 is 0 Å². The largest absolute Gasteiger partial charge is 0.505 e. The van der Waals surface area contributed by atoms with Crippen LogP contribution in [0.15, 0.2) is 30.5 Å². The maximum atomic E-state index is 12.8. The number of carbonyl (C=O) groups excluding carboxylic acids is 1. The fourth-order valence-electron chi connectivity index (χ4n) is 1.89. The van der Waals surface area contributed by atoms with Gasteiger partial charge in [0.15, 0.2) is 11.4 Å². The fourth-order valence-corrected chi connectivity index (χ4v) is 1.89. The lowest BCUT2D eigenvalue weighted by Gasteiger charge is -2.13. The topological polar surface area (TPSA) is 115 Å². The first kappa shape index (κ1) is 15.7. The second kappa shape index (κ2) is 6.83. The Hall–Kier alpha value is -2.71. The standard InChI is InChI=1S/C14H14FN3O4/c15-9-1-3-10(4-2-9)16-5-8-6-17-12(14(21)18-22)13(20)11(8)7-19/h1-4,6,16,19-20,22H,5,7H2,(H,18,21). The second-order valence-electron chi connectivity index (χ2n) is 4.42. The summed E-state index contributed by atoms with van der Waals surface area (Å²) in [6.45, 7) is -0.316. The molecule has 1 aromatic carbocycles. The SMILES string of the molecule is O=C(NO)c1ncc(CNc2ccc(F)cc2)c(CO)c1O. The van der Waals surface area contributed by atoms with Crippen LogP contribution < -0.4 is 10.8 Å². The van der Waals surface area contributed by atoms with Gasteiger partial charge in [0.25, 0.3) is 5.91 Å². The number of aromatic hydroxyl groups is 1. The van der Waals surface area contributed by atoms with Gasteiger partial charge < -0.3 is 15.5 Å². The average Bonchev–Trinajstić information content (AvgIpc) is 2.53.